The molecule has 0 saturated carbocycles. The largest absolute Gasteiger partial charge is 0.394 e. The molecule has 0 aliphatic heterocycles. The van der Waals surface area contributed by atoms with Crippen LogP contribution in [0.25, 0.3) is 16.9 Å². The Kier molecular flexibility index (Phi) is 2.34. The van der Waals surface area contributed by atoms with Crippen molar-refractivity contribution in [2.75, 3.05) is 6.61 Å². The lowest BCUT2D eigenvalue weighted by Crippen LogP contribution is -2.01. The molecule has 6 heteroatoms. The Morgan fingerprint density at radius 3 is 3.12 bits per heavy atom. The van der Waals surface area contributed by atoms with Gasteiger partial charge in [0.1, 0.15) is 0 Å². The standard InChI is InChI=1S/C11H11N5O/c17-6-5-15-8-9(7-13-15)10-1-2-11-12-3-4-16(11)14-10/h1-4,7-8,17H,5-6H2. The number of aromatic nitrogens is 5. The molecule has 0 bridgehead atoms. The lowest BCUT2D eigenvalue weighted by molar-refractivity contribution is 0.269. The molecule has 0 aromatic carbocycles. The van der Waals surface area contributed by atoms with Crippen LogP contribution in [0.2, 0.25) is 0 Å². The van der Waals surface area contributed by atoms with Crippen molar-refractivity contribution in [2.45, 2.75) is 6.54 Å². The average Bonchev–Trinajstić information content (AvgIpc) is 2.96. The number of fused-ring (bicyclic) bond motifs is 1. The topological polar surface area (TPSA) is 68.2 Å². The average molecular weight is 229 g/mol. The Labute approximate surface area is 97.1 Å². The summed E-state index contributed by atoms with van der Waals surface area (Å²) in [7, 11) is 0. The van der Waals surface area contributed by atoms with E-state index < -0.39 is 0 Å². The van der Waals surface area contributed by atoms with Crippen molar-refractivity contribution in [3.63, 3.8) is 0 Å². The summed E-state index contributed by atoms with van der Waals surface area (Å²) in [5.41, 5.74) is 2.57. The minimum atomic E-state index is 0.0785. The summed E-state index contributed by atoms with van der Waals surface area (Å²) < 4.78 is 3.41. The number of rotatable bonds is 3. The highest BCUT2D eigenvalue weighted by molar-refractivity contribution is 5.58. The number of aliphatic hydroxyl groups is 1. The molecule has 0 fully saturated rings. The van der Waals surface area contributed by atoms with Crippen LogP contribution in [0.5, 0.6) is 0 Å². The van der Waals surface area contributed by atoms with Crippen LogP contribution in [0, 0.1) is 0 Å². The van der Waals surface area contributed by atoms with E-state index >= 15 is 0 Å². The van der Waals surface area contributed by atoms with E-state index in [9.17, 15) is 0 Å². The van der Waals surface area contributed by atoms with Gasteiger partial charge in [0.2, 0.25) is 0 Å². The van der Waals surface area contributed by atoms with Gasteiger partial charge in [-0.05, 0) is 12.1 Å². The van der Waals surface area contributed by atoms with Gasteiger partial charge in [-0.3, -0.25) is 4.68 Å². The molecule has 3 aromatic rings. The molecule has 3 aromatic heterocycles. The van der Waals surface area contributed by atoms with Crippen molar-refractivity contribution >= 4 is 5.65 Å². The van der Waals surface area contributed by atoms with Gasteiger partial charge >= 0.3 is 0 Å². The number of nitrogens with zero attached hydrogens (tertiary/aromatic N) is 5. The summed E-state index contributed by atoms with van der Waals surface area (Å²) in [5.74, 6) is 0. The highest BCUT2D eigenvalue weighted by Crippen LogP contribution is 2.15. The number of aliphatic hydroxyl groups excluding tert-OH is 1. The normalized spacial score (nSPS) is 11.1. The van der Waals surface area contributed by atoms with E-state index in [4.69, 9.17) is 5.11 Å². The van der Waals surface area contributed by atoms with Gasteiger partial charge in [0, 0.05) is 24.2 Å². The summed E-state index contributed by atoms with van der Waals surface area (Å²) in [6.45, 7) is 0.572. The van der Waals surface area contributed by atoms with Gasteiger partial charge in [0.25, 0.3) is 0 Å². The summed E-state index contributed by atoms with van der Waals surface area (Å²) in [4.78, 5) is 4.13. The fourth-order valence-electron chi connectivity index (χ4n) is 1.69. The van der Waals surface area contributed by atoms with E-state index in [0.29, 0.717) is 6.54 Å². The van der Waals surface area contributed by atoms with Crippen LogP contribution in [0.1, 0.15) is 0 Å². The molecule has 17 heavy (non-hydrogen) atoms. The van der Waals surface area contributed by atoms with Crippen molar-refractivity contribution in [2.24, 2.45) is 0 Å². The van der Waals surface area contributed by atoms with Crippen molar-refractivity contribution in [1.82, 2.24) is 24.4 Å². The van der Waals surface area contributed by atoms with Crippen molar-refractivity contribution in [3.8, 4) is 11.3 Å². The smallest absolute Gasteiger partial charge is 0.153 e. The van der Waals surface area contributed by atoms with Gasteiger partial charge in [-0.2, -0.15) is 10.2 Å². The fourth-order valence-corrected chi connectivity index (χ4v) is 1.69. The van der Waals surface area contributed by atoms with Crippen LogP contribution in [0.15, 0.2) is 36.9 Å². The molecule has 0 amide bonds. The quantitative estimate of drug-likeness (QED) is 0.713. The summed E-state index contributed by atoms with van der Waals surface area (Å²) in [6, 6.07) is 3.81. The second kappa shape index (κ2) is 3.99. The highest BCUT2D eigenvalue weighted by atomic mass is 16.3. The van der Waals surface area contributed by atoms with E-state index in [1.807, 2.05) is 18.3 Å². The van der Waals surface area contributed by atoms with Gasteiger partial charge in [-0.1, -0.05) is 0 Å². The molecule has 6 nitrogen and oxygen atoms in total. The van der Waals surface area contributed by atoms with Gasteiger partial charge in [0.05, 0.1) is 25.0 Å². The predicted molar refractivity (Wildman–Crippen MR) is 61.3 cm³/mol. The molecule has 0 atom stereocenters. The van der Waals surface area contributed by atoms with Crippen LogP contribution >= 0.6 is 0 Å². The van der Waals surface area contributed by atoms with Crippen LogP contribution in [0.4, 0.5) is 0 Å². The Bertz CT molecular complexity index is 642. The lowest BCUT2D eigenvalue weighted by atomic mass is 10.2. The van der Waals surface area contributed by atoms with Crippen molar-refractivity contribution in [1.29, 1.82) is 0 Å². The molecular formula is C11H11N5O. The zero-order valence-corrected chi connectivity index (χ0v) is 9.06. The molecular weight excluding hydrogens is 218 g/mol. The Morgan fingerprint density at radius 2 is 2.24 bits per heavy atom. The summed E-state index contributed by atoms with van der Waals surface area (Å²) >= 11 is 0. The lowest BCUT2D eigenvalue weighted by Gasteiger charge is -1.98. The number of imidazole rings is 1. The van der Waals surface area contributed by atoms with Gasteiger partial charge in [0.15, 0.2) is 5.65 Å². The summed E-state index contributed by atoms with van der Waals surface area (Å²) in [6.07, 6.45) is 7.11. The molecule has 3 rings (SSSR count). The molecule has 0 radical (unpaired) electrons. The van der Waals surface area contributed by atoms with Gasteiger partial charge in [-0.25, -0.2) is 9.50 Å². The van der Waals surface area contributed by atoms with Gasteiger partial charge < -0.3 is 5.11 Å². The molecule has 86 valence electrons. The zero-order valence-electron chi connectivity index (χ0n) is 9.06. The number of hydrogen-bond donors (Lipinski definition) is 1. The van der Waals surface area contributed by atoms with E-state index in [0.717, 1.165) is 16.9 Å². The Balaban J connectivity index is 2.00. The first-order valence-electron chi connectivity index (χ1n) is 5.31. The first-order chi connectivity index (χ1) is 8.36. The predicted octanol–water partition coefficient (Wildman–Crippen LogP) is 0.585. The maximum Gasteiger partial charge on any atom is 0.153 e. The third kappa shape index (κ3) is 1.78. The highest BCUT2D eigenvalue weighted by Gasteiger charge is 2.04. The SMILES string of the molecule is OCCn1cc(-c2ccc3nccn3n2)cn1. The molecule has 1 N–H and O–H groups in total. The van der Waals surface area contributed by atoms with Crippen LogP contribution in [0.3, 0.4) is 0 Å². The molecule has 3 heterocycles. The second-order valence-electron chi connectivity index (χ2n) is 3.66. The Hall–Kier alpha value is -2.21. The molecule has 0 aliphatic rings. The van der Waals surface area contributed by atoms with Crippen LogP contribution < -0.4 is 0 Å². The monoisotopic (exact) mass is 229 g/mol. The minimum Gasteiger partial charge on any atom is -0.394 e. The maximum atomic E-state index is 8.82. The third-order valence-corrected chi connectivity index (χ3v) is 2.51. The van der Waals surface area contributed by atoms with Crippen molar-refractivity contribution in [3.05, 3.63) is 36.9 Å². The zero-order chi connectivity index (χ0) is 11.7. The second-order valence-corrected chi connectivity index (χ2v) is 3.66. The fraction of sp³-hybridized carbons (Fsp3) is 0.182. The third-order valence-electron chi connectivity index (χ3n) is 2.51. The van der Waals surface area contributed by atoms with E-state index in [2.05, 4.69) is 15.2 Å². The molecule has 0 aliphatic carbocycles. The van der Waals surface area contributed by atoms with Crippen LogP contribution in [-0.2, 0) is 6.54 Å². The molecule has 0 spiro atoms. The first kappa shape index (κ1) is 9.98. The Morgan fingerprint density at radius 1 is 1.29 bits per heavy atom. The molecule has 0 saturated heterocycles. The first-order valence-corrected chi connectivity index (χ1v) is 5.31. The molecule has 0 unspecified atom stereocenters. The summed E-state index contributed by atoms with van der Waals surface area (Å²) in [5, 5.41) is 17.4. The van der Waals surface area contributed by atoms with Gasteiger partial charge in [-0.15, -0.1) is 0 Å². The van der Waals surface area contributed by atoms with Crippen LogP contribution in [-0.4, -0.2) is 36.1 Å². The van der Waals surface area contributed by atoms with E-state index in [1.54, 1.807) is 27.8 Å². The number of hydrogen-bond acceptors (Lipinski definition) is 4. The minimum absolute atomic E-state index is 0.0785. The van der Waals surface area contributed by atoms with E-state index in [-0.39, 0.29) is 6.61 Å². The van der Waals surface area contributed by atoms with E-state index in [1.165, 1.54) is 0 Å². The maximum absolute atomic E-state index is 8.82. The van der Waals surface area contributed by atoms with Crippen molar-refractivity contribution < 1.29 is 5.11 Å².